The normalized spacial score (nSPS) is 15.8. The summed E-state index contributed by atoms with van der Waals surface area (Å²) < 4.78 is 22.2. The highest BCUT2D eigenvalue weighted by molar-refractivity contribution is 6.07. The van der Waals surface area contributed by atoms with E-state index < -0.39 is 59.7 Å². The van der Waals surface area contributed by atoms with Gasteiger partial charge in [0.1, 0.15) is 23.9 Å². The predicted octanol–water partition coefficient (Wildman–Crippen LogP) is -1.85. The Morgan fingerprint density at radius 1 is 0.663 bits per heavy atom. The number of likely N-dealkylation sites (tertiary alicyclic amines) is 1. The van der Waals surface area contributed by atoms with Crippen LogP contribution in [0, 0.1) is 11.3 Å². The van der Waals surface area contributed by atoms with Crippen LogP contribution in [-0.4, -0.2) is 255 Å². The summed E-state index contributed by atoms with van der Waals surface area (Å²) in [6, 6.07) is 5.61. The van der Waals surface area contributed by atoms with E-state index in [1.807, 2.05) is 4.90 Å². The molecule has 2 saturated heterocycles. The van der Waals surface area contributed by atoms with Crippen LogP contribution in [0.5, 0.6) is 5.75 Å². The second kappa shape index (κ2) is 38.2. The van der Waals surface area contributed by atoms with Gasteiger partial charge < -0.3 is 71.1 Å². The van der Waals surface area contributed by atoms with E-state index in [0.29, 0.717) is 107 Å². The van der Waals surface area contributed by atoms with Gasteiger partial charge in [-0.3, -0.25) is 62.8 Å². The molecule has 0 saturated carbocycles. The number of nitriles is 1. The summed E-state index contributed by atoms with van der Waals surface area (Å²) in [5, 5.41) is 54.3. The van der Waals surface area contributed by atoms with Gasteiger partial charge in [-0.2, -0.15) is 5.26 Å². The first-order valence-corrected chi connectivity index (χ1v) is 27.9. The number of benzene rings is 1. The maximum absolute atomic E-state index is 13.5. The topological polar surface area (TPSA) is 390 Å². The number of carboxylic acids is 3. The molecule has 29 heteroatoms. The Bertz CT molecular complexity index is 2490. The average Bonchev–Trinajstić information content (AvgIpc) is 4.09. The third-order valence-electron chi connectivity index (χ3n) is 13.3. The number of unbranched alkanes of at least 4 members (excludes halogenated alkanes) is 2. The van der Waals surface area contributed by atoms with E-state index in [4.69, 9.17) is 18.9 Å². The van der Waals surface area contributed by atoms with E-state index in [-0.39, 0.29) is 123 Å². The SMILES string of the molecule is CC(=O)NCCCCC(NC(=O)C(CCCCNC(=O)CN1CCN(CC(=O)O)CCN(CC(=O)O)CC1)NC(=O)CCOCCOCCOCCNC(=O)COc1ccc2c(C(=O)NCC(=O)N3CCCC3C#N)ccnc2c1)C(=O)O. The molecule has 29 nitrogen and oxygen atoms in total. The number of carboxylic acid groups (broad SMARTS) is 3. The first kappa shape index (κ1) is 67.9. The summed E-state index contributed by atoms with van der Waals surface area (Å²) in [5.41, 5.74) is 0.740. The highest BCUT2D eigenvalue weighted by atomic mass is 16.5. The van der Waals surface area contributed by atoms with Crippen molar-refractivity contribution in [2.24, 2.45) is 0 Å². The van der Waals surface area contributed by atoms with E-state index in [1.165, 1.54) is 24.1 Å². The van der Waals surface area contributed by atoms with Crippen molar-refractivity contribution in [1.29, 1.82) is 5.26 Å². The Morgan fingerprint density at radius 2 is 1.25 bits per heavy atom. The van der Waals surface area contributed by atoms with Gasteiger partial charge in [0.2, 0.25) is 29.5 Å². The lowest BCUT2D eigenvalue weighted by Crippen LogP contribution is -2.51. The standard InChI is InChI=1S/C54H80N12O17/c1-38(67)56-14-4-3-9-44(54(78)79)62-53(77)43(8-2-5-15-58-47(69)34-63-19-21-64(35-50(72)73)23-24-65(22-20-63)36-51(74)75)61-46(68)13-25-80-27-29-82-30-28-81-26-17-59-48(70)37-83-40-10-11-41-42(12-16-57-45(41)31-40)52(76)60-33-49(71)66-18-6-7-39(66)32-55/h10-12,16,31,39,43-44H,2-9,13-15,17-30,33-37H2,1H3,(H,56,67)(H,58,69)(H,59,70)(H,60,76)(H,61,68)(H,62,77)(H,72,73)(H,74,75)(H,78,79). The number of ether oxygens (including phenoxy) is 4. The number of rotatable bonds is 38. The number of aromatic nitrogens is 1. The van der Waals surface area contributed by atoms with Crippen LogP contribution in [0.4, 0.5) is 0 Å². The molecule has 2 aromatic rings. The lowest BCUT2D eigenvalue weighted by atomic mass is 10.1. The van der Waals surface area contributed by atoms with Crippen molar-refractivity contribution in [2.45, 2.75) is 82.8 Å². The number of nitrogens with zero attached hydrogens (tertiary/aromatic N) is 6. The Morgan fingerprint density at radius 3 is 1.87 bits per heavy atom. The van der Waals surface area contributed by atoms with Gasteiger partial charge >= 0.3 is 17.9 Å². The number of amides is 7. The van der Waals surface area contributed by atoms with E-state index in [0.717, 1.165) is 6.42 Å². The monoisotopic (exact) mass is 1170 g/mol. The van der Waals surface area contributed by atoms with Crippen LogP contribution >= 0.6 is 0 Å². The predicted molar refractivity (Wildman–Crippen MR) is 295 cm³/mol. The molecule has 83 heavy (non-hydrogen) atoms. The molecule has 9 N–H and O–H groups in total. The van der Waals surface area contributed by atoms with E-state index >= 15 is 0 Å². The Balaban J connectivity index is 1.11. The van der Waals surface area contributed by atoms with Crippen LogP contribution in [0.1, 0.15) is 75.1 Å². The molecule has 0 radical (unpaired) electrons. The van der Waals surface area contributed by atoms with Crippen LogP contribution in [0.2, 0.25) is 0 Å². The van der Waals surface area contributed by atoms with Crippen LogP contribution in [0.3, 0.4) is 0 Å². The van der Waals surface area contributed by atoms with Crippen LogP contribution < -0.4 is 36.6 Å². The molecule has 0 bridgehead atoms. The Hall–Kier alpha value is -7.62. The first-order chi connectivity index (χ1) is 39.9. The zero-order chi connectivity index (χ0) is 60.4. The van der Waals surface area contributed by atoms with Gasteiger partial charge in [-0.05, 0) is 69.6 Å². The number of nitrogens with one attached hydrogen (secondary N) is 6. The molecule has 4 rings (SSSR count). The van der Waals surface area contributed by atoms with Gasteiger partial charge in [-0.15, -0.1) is 0 Å². The highest BCUT2D eigenvalue weighted by Crippen LogP contribution is 2.23. The molecule has 2 fully saturated rings. The van der Waals surface area contributed by atoms with Crippen molar-refractivity contribution in [3.63, 3.8) is 0 Å². The van der Waals surface area contributed by atoms with Crippen molar-refractivity contribution < 1.29 is 82.2 Å². The van der Waals surface area contributed by atoms with Gasteiger partial charge in [-0.25, -0.2) is 4.79 Å². The molecule has 3 unspecified atom stereocenters. The number of hydrogen-bond donors (Lipinski definition) is 9. The summed E-state index contributed by atoms with van der Waals surface area (Å²) in [7, 11) is 0. The van der Waals surface area contributed by atoms with Crippen molar-refractivity contribution in [3.8, 4) is 11.8 Å². The molecule has 0 aliphatic carbocycles. The quantitative estimate of drug-likeness (QED) is 0.0333. The molecule has 458 valence electrons. The zero-order valence-electron chi connectivity index (χ0n) is 47.1. The zero-order valence-corrected chi connectivity index (χ0v) is 47.1. The molecule has 3 atom stereocenters. The molecule has 2 aliphatic heterocycles. The van der Waals surface area contributed by atoms with Crippen molar-refractivity contribution in [2.75, 3.05) is 138 Å². The fraction of sp³-hybridized carbons (Fsp3) is 0.630. The maximum atomic E-state index is 13.5. The molecular weight excluding hydrogens is 1090 g/mol. The third kappa shape index (κ3) is 27.3. The minimum atomic E-state index is -1.26. The maximum Gasteiger partial charge on any atom is 0.326 e. The van der Waals surface area contributed by atoms with Gasteiger partial charge in [0.15, 0.2) is 6.61 Å². The van der Waals surface area contributed by atoms with Crippen LogP contribution in [-0.2, 0) is 57.4 Å². The summed E-state index contributed by atoms with van der Waals surface area (Å²) in [4.78, 5) is 135. The second-order valence-electron chi connectivity index (χ2n) is 19.8. The summed E-state index contributed by atoms with van der Waals surface area (Å²) in [5.74, 6) is -5.91. The van der Waals surface area contributed by atoms with Crippen LogP contribution in [0.25, 0.3) is 10.9 Å². The smallest absolute Gasteiger partial charge is 0.326 e. The summed E-state index contributed by atoms with van der Waals surface area (Å²) in [6.45, 7) is 4.75. The third-order valence-corrected chi connectivity index (χ3v) is 13.3. The summed E-state index contributed by atoms with van der Waals surface area (Å²) >= 11 is 0. The van der Waals surface area contributed by atoms with E-state index in [2.05, 4.69) is 43.0 Å². The Labute approximate surface area is 481 Å². The fourth-order valence-corrected chi connectivity index (χ4v) is 8.94. The molecule has 7 amide bonds. The average molecular weight is 1170 g/mol. The number of pyridine rings is 1. The lowest BCUT2D eigenvalue weighted by molar-refractivity contribution is -0.142. The van der Waals surface area contributed by atoms with Crippen molar-refractivity contribution in [1.82, 2.24) is 56.5 Å². The van der Waals surface area contributed by atoms with Gasteiger partial charge in [0.25, 0.3) is 11.8 Å². The molecule has 3 heterocycles. The van der Waals surface area contributed by atoms with Gasteiger partial charge in [0.05, 0.1) is 83.0 Å². The molecule has 2 aliphatic rings. The number of fused-ring (bicyclic) bond motifs is 1. The summed E-state index contributed by atoms with van der Waals surface area (Å²) in [6.07, 6.45) is 4.49. The lowest BCUT2D eigenvalue weighted by Gasteiger charge is -2.24. The number of aliphatic carboxylic acids is 3. The van der Waals surface area contributed by atoms with E-state index in [1.54, 1.807) is 28.0 Å². The number of carbonyl (C=O) groups is 10. The molecular formula is C54H80N12O17. The van der Waals surface area contributed by atoms with Crippen molar-refractivity contribution in [3.05, 3.63) is 36.0 Å². The molecule has 0 spiro atoms. The minimum absolute atomic E-state index is 0.0130. The minimum Gasteiger partial charge on any atom is -0.484 e. The highest BCUT2D eigenvalue weighted by Gasteiger charge is 2.30. The van der Waals surface area contributed by atoms with Crippen LogP contribution in [0.15, 0.2) is 30.5 Å². The molecule has 1 aromatic heterocycles. The van der Waals surface area contributed by atoms with Crippen molar-refractivity contribution >= 4 is 70.2 Å². The second-order valence-corrected chi connectivity index (χ2v) is 19.8. The Kier molecular flexibility index (Phi) is 31.3. The van der Waals surface area contributed by atoms with Gasteiger partial charge in [-0.1, -0.05) is 0 Å². The number of hydrogen-bond acceptors (Lipinski definition) is 19. The van der Waals surface area contributed by atoms with E-state index in [9.17, 15) is 68.5 Å². The largest absolute Gasteiger partial charge is 0.484 e. The number of carbonyl (C=O) groups excluding carboxylic acids is 7. The first-order valence-electron chi connectivity index (χ1n) is 27.9. The fourth-order valence-electron chi connectivity index (χ4n) is 8.94. The van der Waals surface area contributed by atoms with Gasteiger partial charge in [0, 0.05) is 96.4 Å². The molecule has 1 aromatic carbocycles.